The molecule has 2 N–H and O–H groups in total. The molecular formula is C13H20NO3PS. The Bertz CT molecular complexity index is 442. The van der Waals surface area contributed by atoms with Crippen molar-refractivity contribution in [1.82, 2.24) is 0 Å². The van der Waals surface area contributed by atoms with Gasteiger partial charge in [-0.2, -0.15) is 0 Å². The van der Waals surface area contributed by atoms with Crippen LogP contribution in [0.2, 0.25) is 0 Å². The second-order valence-corrected chi connectivity index (χ2v) is 7.05. The molecule has 0 heterocycles. The minimum absolute atomic E-state index is 0.286. The van der Waals surface area contributed by atoms with Gasteiger partial charge >= 0.3 is 7.60 Å². The first-order chi connectivity index (χ1) is 9.03. The van der Waals surface area contributed by atoms with Crippen molar-refractivity contribution in [2.45, 2.75) is 24.5 Å². The van der Waals surface area contributed by atoms with E-state index in [0.717, 1.165) is 4.90 Å². The molecule has 0 aliphatic heterocycles. The van der Waals surface area contributed by atoms with Gasteiger partial charge in [0.05, 0.1) is 13.2 Å². The summed E-state index contributed by atoms with van der Waals surface area (Å²) in [5.41, 5.74) is 5.98. The van der Waals surface area contributed by atoms with E-state index in [1.807, 2.05) is 30.3 Å². The van der Waals surface area contributed by atoms with Gasteiger partial charge in [-0.15, -0.1) is 0 Å². The molecule has 0 saturated heterocycles. The Morgan fingerprint density at radius 2 is 1.84 bits per heavy atom. The average molecular weight is 301 g/mol. The summed E-state index contributed by atoms with van der Waals surface area (Å²) < 4.78 is 23.0. The van der Waals surface area contributed by atoms with Gasteiger partial charge in [-0.05, 0) is 26.0 Å². The van der Waals surface area contributed by atoms with Crippen LogP contribution in [0.15, 0.2) is 46.7 Å². The van der Waals surface area contributed by atoms with Crippen molar-refractivity contribution in [3.63, 3.8) is 0 Å². The lowest BCUT2D eigenvalue weighted by Gasteiger charge is -2.24. The molecule has 1 rings (SSSR count). The molecule has 19 heavy (non-hydrogen) atoms. The van der Waals surface area contributed by atoms with Crippen LogP contribution in [0.5, 0.6) is 0 Å². The standard InChI is InChI=1S/C13H20NO3PS/c1-4-16-18(15,17-5-2)13(14)11(3)19-12-9-7-6-8-10-12/h6-10,13H,3-5,14H2,1-2H3. The third kappa shape index (κ3) is 4.79. The van der Waals surface area contributed by atoms with E-state index in [2.05, 4.69) is 6.58 Å². The maximum absolute atomic E-state index is 12.5. The summed E-state index contributed by atoms with van der Waals surface area (Å²) in [5.74, 6) is -0.836. The fraction of sp³-hybridized carbons (Fsp3) is 0.385. The van der Waals surface area contributed by atoms with E-state index < -0.39 is 13.4 Å². The number of nitrogens with two attached hydrogens (primary N) is 1. The summed E-state index contributed by atoms with van der Waals surface area (Å²) in [5, 5.41) is 0. The Balaban J connectivity index is 2.77. The minimum atomic E-state index is -3.35. The third-order valence-corrected chi connectivity index (χ3v) is 5.71. The molecule has 0 bridgehead atoms. The van der Waals surface area contributed by atoms with Crippen molar-refractivity contribution in [3.05, 3.63) is 41.8 Å². The van der Waals surface area contributed by atoms with Crippen LogP contribution in [0, 0.1) is 0 Å². The monoisotopic (exact) mass is 301 g/mol. The summed E-state index contributed by atoms with van der Waals surface area (Å²) in [6.45, 7) is 7.97. The molecule has 0 fully saturated rings. The Kier molecular flexibility index (Phi) is 6.83. The highest BCUT2D eigenvalue weighted by molar-refractivity contribution is 8.03. The highest BCUT2D eigenvalue weighted by atomic mass is 32.2. The number of hydrogen-bond acceptors (Lipinski definition) is 5. The van der Waals surface area contributed by atoms with Crippen molar-refractivity contribution >= 4 is 19.4 Å². The molecule has 4 nitrogen and oxygen atoms in total. The average Bonchev–Trinajstić information content (AvgIpc) is 2.39. The number of rotatable bonds is 8. The summed E-state index contributed by atoms with van der Waals surface area (Å²) in [4.78, 5) is 1.55. The zero-order valence-corrected chi connectivity index (χ0v) is 13.0. The molecule has 1 aromatic carbocycles. The fourth-order valence-electron chi connectivity index (χ4n) is 1.43. The Labute approximate surface area is 118 Å². The van der Waals surface area contributed by atoms with Gasteiger partial charge in [0.15, 0.2) is 0 Å². The van der Waals surface area contributed by atoms with Gasteiger partial charge in [0.25, 0.3) is 0 Å². The minimum Gasteiger partial charge on any atom is -0.314 e. The van der Waals surface area contributed by atoms with Crippen LogP contribution in [0.1, 0.15) is 13.8 Å². The van der Waals surface area contributed by atoms with Gasteiger partial charge in [0.2, 0.25) is 0 Å². The van der Waals surface area contributed by atoms with Gasteiger partial charge in [0, 0.05) is 9.80 Å². The van der Waals surface area contributed by atoms with Crippen LogP contribution < -0.4 is 5.73 Å². The van der Waals surface area contributed by atoms with Crippen LogP contribution in [-0.2, 0) is 13.6 Å². The number of benzene rings is 1. The van der Waals surface area contributed by atoms with E-state index in [1.54, 1.807) is 13.8 Å². The van der Waals surface area contributed by atoms with E-state index in [1.165, 1.54) is 11.8 Å². The molecule has 6 heteroatoms. The van der Waals surface area contributed by atoms with E-state index in [0.29, 0.717) is 4.91 Å². The zero-order chi connectivity index (χ0) is 14.3. The first-order valence-electron chi connectivity index (χ1n) is 6.09. The molecule has 1 unspecified atom stereocenters. The highest BCUT2D eigenvalue weighted by Gasteiger charge is 2.34. The molecule has 0 amide bonds. The normalized spacial score (nSPS) is 13.2. The van der Waals surface area contributed by atoms with Gasteiger partial charge in [0.1, 0.15) is 5.78 Å². The summed E-state index contributed by atoms with van der Waals surface area (Å²) in [6, 6.07) is 9.65. The van der Waals surface area contributed by atoms with Gasteiger partial charge in [-0.3, -0.25) is 4.57 Å². The lowest BCUT2D eigenvalue weighted by atomic mass is 10.4. The number of hydrogen-bond donors (Lipinski definition) is 1. The topological polar surface area (TPSA) is 61.6 Å². The maximum Gasteiger partial charge on any atom is 0.352 e. The van der Waals surface area contributed by atoms with Crippen LogP contribution in [0.4, 0.5) is 0 Å². The molecule has 0 saturated carbocycles. The van der Waals surface area contributed by atoms with Gasteiger partial charge < -0.3 is 14.8 Å². The second kappa shape index (κ2) is 7.88. The second-order valence-electron chi connectivity index (χ2n) is 3.70. The highest BCUT2D eigenvalue weighted by Crippen LogP contribution is 2.55. The first-order valence-corrected chi connectivity index (χ1v) is 8.52. The largest absolute Gasteiger partial charge is 0.352 e. The first kappa shape index (κ1) is 16.5. The third-order valence-electron chi connectivity index (χ3n) is 2.28. The molecule has 0 aliphatic rings. The van der Waals surface area contributed by atoms with Crippen molar-refractivity contribution in [2.75, 3.05) is 13.2 Å². The Hall–Kier alpha value is -0.580. The maximum atomic E-state index is 12.5. The van der Waals surface area contributed by atoms with Gasteiger partial charge in [-0.1, -0.05) is 36.5 Å². The lowest BCUT2D eigenvalue weighted by molar-refractivity contribution is 0.215. The van der Waals surface area contributed by atoms with Crippen molar-refractivity contribution in [1.29, 1.82) is 0 Å². The number of thioether (sulfide) groups is 1. The molecule has 106 valence electrons. The molecule has 0 aromatic heterocycles. The van der Waals surface area contributed by atoms with E-state index in [9.17, 15) is 4.57 Å². The molecule has 1 aromatic rings. The van der Waals surface area contributed by atoms with Crippen LogP contribution in [-0.4, -0.2) is 19.0 Å². The molecular weight excluding hydrogens is 281 g/mol. The lowest BCUT2D eigenvalue weighted by Crippen LogP contribution is -2.23. The van der Waals surface area contributed by atoms with Crippen LogP contribution in [0.25, 0.3) is 0 Å². The van der Waals surface area contributed by atoms with E-state index in [-0.39, 0.29) is 13.2 Å². The van der Waals surface area contributed by atoms with Gasteiger partial charge in [-0.25, -0.2) is 0 Å². The summed E-state index contributed by atoms with van der Waals surface area (Å²) >= 11 is 1.38. The van der Waals surface area contributed by atoms with Crippen LogP contribution in [0.3, 0.4) is 0 Å². The van der Waals surface area contributed by atoms with Crippen molar-refractivity contribution in [2.24, 2.45) is 5.73 Å². The molecule has 0 aliphatic carbocycles. The van der Waals surface area contributed by atoms with Crippen LogP contribution >= 0.6 is 19.4 Å². The zero-order valence-electron chi connectivity index (χ0n) is 11.2. The Morgan fingerprint density at radius 3 is 2.32 bits per heavy atom. The summed E-state index contributed by atoms with van der Waals surface area (Å²) in [6.07, 6.45) is 0. The predicted octanol–water partition coefficient (Wildman–Crippen LogP) is 3.84. The quantitative estimate of drug-likeness (QED) is 0.584. The van der Waals surface area contributed by atoms with E-state index in [4.69, 9.17) is 14.8 Å². The predicted molar refractivity (Wildman–Crippen MR) is 80.3 cm³/mol. The van der Waals surface area contributed by atoms with Crippen molar-refractivity contribution in [3.8, 4) is 0 Å². The smallest absolute Gasteiger partial charge is 0.314 e. The summed E-state index contributed by atoms with van der Waals surface area (Å²) in [7, 11) is -3.35. The Morgan fingerprint density at radius 1 is 1.32 bits per heavy atom. The van der Waals surface area contributed by atoms with E-state index >= 15 is 0 Å². The molecule has 0 spiro atoms. The molecule has 1 atom stereocenters. The molecule has 0 radical (unpaired) electrons. The SMILES string of the molecule is C=C(Sc1ccccc1)C(N)P(=O)(OCC)OCC. The fourth-order valence-corrected chi connectivity index (χ4v) is 4.16. The van der Waals surface area contributed by atoms with Crippen molar-refractivity contribution < 1.29 is 13.6 Å².